The highest BCUT2D eigenvalue weighted by atomic mass is 32.2. The van der Waals surface area contributed by atoms with E-state index in [0.717, 1.165) is 11.3 Å². The van der Waals surface area contributed by atoms with Crippen LogP contribution in [0.4, 0.5) is 5.69 Å². The first-order valence-electron chi connectivity index (χ1n) is 9.10. The number of nitrogens with one attached hydrogen (secondary N) is 2. The smallest absolute Gasteiger partial charge is 0.261 e. The second kappa shape index (κ2) is 9.25. The van der Waals surface area contributed by atoms with Crippen molar-refractivity contribution in [2.75, 3.05) is 17.9 Å². The monoisotopic (exact) mass is 410 g/mol. The Kier molecular flexibility index (Phi) is 6.51. The van der Waals surface area contributed by atoms with Gasteiger partial charge in [0.1, 0.15) is 12.4 Å². The molecule has 0 radical (unpaired) electrons. The average molecular weight is 410 g/mol. The summed E-state index contributed by atoms with van der Waals surface area (Å²) in [6.07, 6.45) is 0. The van der Waals surface area contributed by atoms with Gasteiger partial charge in [0.05, 0.1) is 11.4 Å². The van der Waals surface area contributed by atoms with Crippen LogP contribution in [0.15, 0.2) is 83.8 Å². The Morgan fingerprint density at radius 3 is 2.21 bits per heavy atom. The highest BCUT2D eigenvalue weighted by Gasteiger charge is 2.15. The van der Waals surface area contributed by atoms with E-state index in [1.165, 1.54) is 24.3 Å². The summed E-state index contributed by atoms with van der Waals surface area (Å²) < 4.78 is 33.0. The van der Waals surface area contributed by atoms with Gasteiger partial charge in [-0.25, -0.2) is 8.42 Å². The van der Waals surface area contributed by atoms with Crippen molar-refractivity contribution in [1.82, 2.24) is 5.32 Å². The maximum absolute atomic E-state index is 12.5. The van der Waals surface area contributed by atoms with Gasteiger partial charge >= 0.3 is 0 Å². The van der Waals surface area contributed by atoms with Crippen molar-refractivity contribution in [2.45, 2.75) is 11.8 Å². The summed E-state index contributed by atoms with van der Waals surface area (Å²) in [4.78, 5) is 12.3. The number of sulfonamides is 1. The van der Waals surface area contributed by atoms with Crippen LogP contribution in [0.25, 0.3) is 0 Å². The predicted octanol–water partition coefficient (Wildman–Crippen LogP) is 3.60. The molecule has 0 spiro atoms. The van der Waals surface area contributed by atoms with E-state index < -0.39 is 10.0 Å². The third-order valence-electron chi connectivity index (χ3n) is 4.13. The van der Waals surface area contributed by atoms with Crippen LogP contribution in [0.3, 0.4) is 0 Å². The minimum absolute atomic E-state index is 0.0852. The van der Waals surface area contributed by atoms with Gasteiger partial charge in [0.2, 0.25) is 0 Å². The van der Waals surface area contributed by atoms with Crippen LogP contribution >= 0.6 is 0 Å². The third kappa shape index (κ3) is 5.83. The van der Waals surface area contributed by atoms with Gasteiger partial charge in [0.25, 0.3) is 15.9 Å². The van der Waals surface area contributed by atoms with E-state index in [9.17, 15) is 13.2 Å². The molecule has 7 heteroatoms. The van der Waals surface area contributed by atoms with Crippen molar-refractivity contribution in [2.24, 2.45) is 0 Å². The maximum Gasteiger partial charge on any atom is 0.261 e. The molecule has 0 saturated carbocycles. The molecular formula is C22H22N2O4S. The lowest BCUT2D eigenvalue weighted by molar-refractivity contribution is 0.0947. The molecule has 0 unspecified atom stereocenters. The molecule has 0 aliphatic rings. The zero-order valence-electron chi connectivity index (χ0n) is 16.0. The molecule has 150 valence electrons. The van der Waals surface area contributed by atoms with Gasteiger partial charge < -0.3 is 10.1 Å². The number of hydrogen-bond donors (Lipinski definition) is 2. The summed E-state index contributed by atoms with van der Waals surface area (Å²) in [5, 5.41) is 2.74. The number of carbonyl (C=O) groups excluding carboxylic acids is 1. The standard InChI is InChI=1S/C22H22N2O4S/c1-17-7-11-19(12-8-17)24-29(26,27)21-13-9-18(10-14-21)22(25)23-15-16-28-20-5-3-2-4-6-20/h2-14,24H,15-16H2,1H3,(H,23,25). The third-order valence-corrected chi connectivity index (χ3v) is 5.53. The second-order valence-corrected chi connectivity index (χ2v) is 8.10. The highest BCUT2D eigenvalue weighted by Crippen LogP contribution is 2.17. The lowest BCUT2D eigenvalue weighted by Crippen LogP contribution is -2.28. The topological polar surface area (TPSA) is 84.5 Å². The minimum atomic E-state index is -3.72. The van der Waals surface area contributed by atoms with E-state index in [-0.39, 0.29) is 10.8 Å². The van der Waals surface area contributed by atoms with Gasteiger partial charge in [0, 0.05) is 11.3 Å². The van der Waals surface area contributed by atoms with E-state index >= 15 is 0 Å². The first-order chi connectivity index (χ1) is 13.9. The molecule has 0 bridgehead atoms. The summed E-state index contributed by atoms with van der Waals surface area (Å²) in [6, 6.07) is 22.2. The number of ether oxygens (including phenoxy) is 1. The summed E-state index contributed by atoms with van der Waals surface area (Å²) in [5.41, 5.74) is 1.90. The normalized spacial score (nSPS) is 10.9. The van der Waals surface area contributed by atoms with Gasteiger partial charge in [-0.1, -0.05) is 35.9 Å². The Hall–Kier alpha value is -3.32. The number of aryl methyl sites for hydroxylation is 1. The first-order valence-corrected chi connectivity index (χ1v) is 10.6. The minimum Gasteiger partial charge on any atom is -0.492 e. The molecule has 0 atom stereocenters. The van der Waals surface area contributed by atoms with Crippen molar-refractivity contribution in [3.8, 4) is 5.75 Å². The molecule has 0 aliphatic heterocycles. The molecule has 0 fully saturated rings. The SMILES string of the molecule is Cc1ccc(NS(=O)(=O)c2ccc(C(=O)NCCOc3ccccc3)cc2)cc1. The second-order valence-electron chi connectivity index (χ2n) is 6.41. The fourth-order valence-electron chi connectivity index (χ4n) is 2.57. The van der Waals surface area contributed by atoms with E-state index in [4.69, 9.17) is 4.74 Å². The number of amides is 1. The number of anilines is 1. The average Bonchev–Trinajstić information content (AvgIpc) is 2.73. The van der Waals surface area contributed by atoms with Crippen molar-refractivity contribution in [3.05, 3.63) is 90.0 Å². The summed E-state index contributed by atoms with van der Waals surface area (Å²) >= 11 is 0. The maximum atomic E-state index is 12.5. The molecular weight excluding hydrogens is 388 g/mol. The fraction of sp³-hybridized carbons (Fsp3) is 0.136. The predicted molar refractivity (Wildman–Crippen MR) is 113 cm³/mol. The summed E-state index contributed by atoms with van der Waals surface area (Å²) in [6.45, 7) is 2.60. The van der Waals surface area contributed by atoms with Gasteiger partial charge in [0.15, 0.2) is 0 Å². The van der Waals surface area contributed by atoms with Crippen LogP contribution in [0, 0.1) is 6.92 Å². The molecule has 3 rings (SSSR count). The summed E-state index contributed by atoms with van der Waals surface area (Å²) in [7, 11) is -3.72. The van der Waals surface area contributed by atoms with Gasteiger partial charge in [-0.2, -0.15) is 0 Å². The number of benzene rings is 3. The lowest BCUT2D eigenvalue weighted by atomic mass is 10.2. The van der Waals surface area contributed by atoms with E-state index in [1.807, 2.05) is 49.4 Å². The summed E-state index contributed by atoms with van der Waals surface area (Å²) in [5.74, 6) is 0.439. The number of rotatable bonds is 8. The molecule has 3 aromatic rings. The quantitative estimate of drug-likeness (QED) is 0.556. The van der Waals surface area contributed by atoms with Gasteiger partial charge in [-0.15, -0.1) is 0 Å². The Bertz CT molecular complexity index is 1050. The van der Waals surface area contributed by atoms with Gasteiger partial charge in [-0.3, -0.25) is 9.52 Å². The molecule has 29 heavy (non-hydrogen) atoms. The van der Waals surface area contributed by atoms with Crippen LogP contribution < -0.4 is 14.8 Å². The molecule has 1 amide bonds. The van der Waals surface area contributed by atoms with Crippen LogP contribution in [-0.4, -0.2) is 27.5 Å². The number of carbonyl (C=O) groups is 1. The van der Waals surface area contributed by atoms with E-state index in [2.05, 4.69) is 10.0 Å². The Morgan fingerprint density at radius 1 is 0.897 bits per heavy atom. The zero-order valence-corrected chi connectivity index (χ0v) is 16.8. The van der Waals surface area contributed by atoms with E-state index in [0.29, 0.717) is 24.4 Å². The molecule has 0 saturated heterocycles. The van der Waals surface area contributed by atoms with Crippen molar-refractivity contribution in [1.29, 1.82) is 0 Å². The largest absolute Gasteiger partial charge is 0.492 e. The van der Waals surface area contributed by atoms with Crippen molar-refractivity contribution >= 4 is 21.6 Å². The lowest BCUT2D eigenvalue weighted by Gasteiger charge is -2.10. The van der Waals surface area contributed by atoms with Crippen molar-refractivity contribution in [3.63, 3.8) is 0 Å². The van der Waals surface area contributed by atoms with Crippen LogP contribution in [0.1, 0.15) is 15.9 Å². The fourth-order valence-corrected chi connectivity index (χ4v) is 3.63. The molecule has 0 heterocycles. The Morgan fingerprint density at radius 2 is 1.55 bits per heavy atom. The molecule has 2 N–H and O–H groups in total. The Labute approximate surface area is 170 Å². The van der Waals surface area contributed by atoms with Gasteiger partial charge in [-0.05, 0) is 55.5 Å². The molecule has 0 aliphatic carbocycles. The van der Waals surface area contributed by atoms with Crippen LogP contribution in [0.5, 0.6) is 5.75 Å². The number of hydrogen-bond acceptors (Lipinski definition) is 4. The first kappa shape index (κ1) is 20.4. The van der Waals surface area contributed by atoms with E-state index in [1.54, 1.807) is 12.1 Å². The number of para-hydroxylation sites is 1. The van der Waals surface area contributed by atoms with Crippen LogP contribution in [0.2, 0.25) is 0 Å². The molecule has 0 aromatic heterocycles. The zero-order chi connectivity index (χ0) is 20.7. The molecule has 3 aromatic carbocycles. The van der Waals surface area contributed by atoms with Crippen molar-refractivity contribution < 1.29 is 17.9 Å². The Balaban J connectivity index is 1.54. The molecule has 6 nitrogen and oxygen atoms in total. The van der Waals surface area contributed by atoms with Crippen LogP contribution in [-0.2, 0) is 10.0 Å². The highest BCUT2D eigenvalue weighted by molar-refractivity contribution is 7.92.